The van der Waals surface area contributed by atoms with Crippen LogP contribution in [0.25, 0.3) is 0 Å². The second kappa shape index (κ2) is 7.91. The van der Waals surface area contributed by atoms with Crippen LogP contribution in [0.5, 0.6) is 5.75 Å². The standard InChI is InChI=1S/C20H20N4O4/c1-12-7-8-13(2)16(11-12)24-18(26)10-9-15(23-24)20(28)22-21-19(27)14-5-3-4-6-17(14)25/h3-8,11,25H,9-10H2,1-2H3,(H,21,27)(H,22,28). The van der Waals surface area contributed by atoms with Crippen molar-refractivity contribution in [3.8, 4) is 5.75 Å². The highest BCUT2D eigenvalue weighted by Crippen LogP contribution is 2.25. The minimum Gasteiger partial charge on any atom is -0.507 e. The van der Waals surface area contributed by atoms with E-state index in [-0.39, 0.29) is 35.8 Å². The van der Waals surface area contributed by atoms with E-state index in [9.17, 15) is 19.5 Å². The SMILES string of the molecule is Cc1ccc(C)c(N2N=C(C(=O)NNC(=O)c3ccccc3O)CCC2=O)c1. The maximum atomic E-state index is 12.4. The zero-order valence-electron chi connectivity index (χ0n) is 15.5. The van der Waals surface area contributed by atoms with Gasteiger partial charge in [0.05, 0.1) is 11.3 Å². The number of phenols is 1. The normalized spacial score (nSPS) is 13.7. The molecule has 3 rings (SSSR count). The van der Waals surface area contributed by atoms with E-state index in [0.29, 0.717) is 5.69 Å². The Bertz CT molecular complexity index is 984. The number of anilines is 1. The number of hydrazine groups is 1. The van der Waals surface area contributed by atoms with Crippen molar-refractivity contribution in [1.82, 2.24) is 10.9 Å². The van der Waals surface area contributed by atoms with E-state index in [1.165, 1.54) is 17.1 Å². The number of benzene rings is 2. The van der Waals surface area contributed by atoms with Crippen molar-refractivity contribution in [1.29, 1.82) is 0 Å². The number of aromatic hydroxyl groups is 1. The first-order chi connectivity index (χ1) is 13.4. The molecule has 3 N–H and O–H groups in total. The summed E-state index contributed by atoms with van der Waals surface area (Å²) in [6, 6.07) is 11.6. The summed E-state index contributed by atoms with van der Waals surface area (Å²) in [6.07, 6.45) is 0.297. The number of hydrazone groups is 1. The van der Waals surface area contributed by atoms with Crippen LogP contribution < -0.4 is 15.9 Å². The molecule has 1 aliphatic rings. The lowest BCUT2D eigenvalue weighted by atomic mass is 10.1. The molecule has 144 valence electrons. The van der Waals surface area contributed by atoms with Crippen LogP contribution in [0.15, 0.2) is 47.6 Å². The summed E-state index contributed by atoms with van der Waals surface area (Å²) in [7, 11) is 0. The van der Waals surface area contributed by atoms with Crippen LogP contribution in [-0.4, -0.2) is 28.5 Å². The average molecular weight is 380 g/mol. The Hall–Kier alpha value is -3.68. The molecule has 0 saturated heterocycles. The van der Waals surface area contributed by atoms with Gasteiger partial charge in [-0.2, -0.15) is 5.10 Å². The first-order valence-electron chi connectivity index (χ1n) is 8.73. The molecule has 1 aliphatic heterocycles. The second-order valence-electron chi connectivity index (χ2n) is 6.47. The Labute approximate surface area is 161 Å². The van der Waals surface area contributed by atoms with Crippen LogP contribution in [-0.2, 0) is 9.59 Å². The van der Waals surface area contributed by atoms with E-state index in [4.69, 9.17) is 0 Å². The number of aryl methyl sites for hydroxylation is 2. The Balaban J connectivity index is 1.74. The number of hydrogen-bond acceptors (Lipinski definition) is 5. The van der Waals surface area contributed by atoms with Gasteiger partial charge in [-0.1, -0.05) is 24.3 Å². The molecule has 0 atom stereocenters. The van der Waals surface area contributed by atoms with Gasteiger partial charge in [0, 0.05) is 12.8 Å². The minimum absolute atomic E-state index is 0.0283. The van der Waals surface area contributed by atoms with Gasteiger partial charge >= 0.3 is 0 Å². The lowest BCUT2D eigenvalue weighted by Gasteiger charge is -2.24. The number of carbonyl (C=O) groups excluding carboxylic acids is 3. The van der Waals surface area contributed by atoms with Gasteiger partial charge < -0.3 is 5.11 Å². The van der Waals surface area contributed by atoms with E-state index < -0.39 is 11.8 Å². The number of phenolic OH excluding ortho intramolecular Hbond substituents is 1. The van der Waals surface area contributed by atoms with Gasteiger partial charge in [-0.3, -0.25) is 25.2 Å². The molecule has 0 unspecified atom stereocenters. The number of carbonyl (C=O) groups is 3. The van der Waals surface area contributed by atoms with Crippen LogP contribution in [0.2, 0.25) is 0 Å². The summed E-state index contributed by atoms with van der Waals surface area (Å²) in [4.78, 5) is 36.8. The molecule has 0 aliphatic carbocycles. The quantitative estimate of drug-likeness (QED) is 0.707. The van der Waals surface area contributed by atoms with Gasteiger partial charge in [0.15, 0.2) is 0 Å². The fourth-order valence-electron chi connectivity index (χ4n) is 2.77. The molecular weight excluding hydrogens is 360 g/mol. The highest BCUT2D eigenvalue weighted by Gasteiger charge is 2.27. The third-order valence-corrected chi connectivity index (χ3v) is 4.33. The van der Waals surface area contributed by atoms with Crippen LogP contribution in [0.1, 0.15) is 34.3 Å². The van der Waals surface area contributed by atoms with Gasteiger partial charge in [0.1, 0.15) is 11.5 Å². The van der Waals surface area contributed by atoms with Crippen molar-refractivity contribution in [3.05, 3.63) is 59.2 Å². The van der Waals surface area contributed by atoms with Crippen LogP contribution in [0, 0.1) is 13.8 Å². The van der Waals surface area contributed by atoms with Gasteiger partial charge in [-0.05, 0) is 43.2 Å². The molecule has 0 fully saturated rings. The predicted molar refractivity (Wildman–Crippen MR) is 104 cm³/mol. The number of nitrogens with zero attached hydrogens (tertiary/aromatic N) is 2. The number of para-hydroxylation sites is 1. The highest BCUT2D eigenvalue weighted by atomic mass is 16.3. The maximum Gasteiger partial charge on any atom is 0.285 e. The molecule has 0 aromatic heterocycles. The van der Waals surface area contributed by atoms with Crippen molar-refractivity contribution in [2.45, 2.75) is 26.7 Å². The Morgan fingerprint density at radius 1 is 1.04 bits per heavy atom. The summed E-state index contributed by atoms with van der Waals surface area (Å²) in [5.74, 6) is -1.68. The molecular formula is C20H20N4O4. The monoisotopic (exact) mass is 380 g/mol. The van der Waals surface area contributed by atoms with E-state index >= 15 is 0 Å². The average Bonchev–Trinajstić information content (AvgIpc) is 2.68. The van der Waals surface area contributed by atoms with Gasteiger partial charge in [0.25, 0.3) is 11.8 Å². The fraction of sp³-hybridized carbons (Fsp3) is 0.200. The summed E-state index contributed by atoms with van der Waals surface area (Å²) in [5.41, 5.74) is 7.11. The van der Waals surface area contributed by atoms with Crippen molar-refractivity contribution < 1.29 is 19.5 Å². The zero-order chi connectivity index (χ0) is 20.3. The lowest BCUT2D eigenvalue weighted by molar-refractivity contribution is -0.119. The molecule has 3 amide bonds. The molecule has 0 radical (unpaired) electrons. The minimum atomic E-state index is -0.662. The summed E-state index contributed by atoms with van der Waals surface area (Å²) >= 11 is 0. The molecule has 0 saturated carbocycles. The Morgan fingerprint density at radius 3 is 2.50 bits per heavy atom. The third-order valence-electron chi connectivity index (χ3n) is 4.33. The maximum absolute atomic E-state index is 12.4. The lowest BCUT2D eigenvalue weighted by Crippen LogP contribution is -2.47. The first kappa shape index (κ1) is 19.1. The molecule has 2 aromatic rings. The first-order valence-corrected chi connectivity index (χ1v) is 8.73. The van der Waals surface area contributed by atoms with Crippen LogP contribution in [0.4, 0.5) is 5.69 Å². The van der Waals surface area contributed by atoms with E-state index in [0.717, 1.165) is 11.1 Å². The number of hydrogen-bond donors (Lipinski definition) is 3. The predicted octanol–water partition coefficient (Wildman–Crippen LogP) is 1.95. The zero-order valence-corrected chi connectivity index (χ0v) is 15.5. The number of nitrogens with one attached hydrogen (secondary N) is 2. The molecule has 2 aromatic carbocycles. The van der Waals surface area contributed by atoms with Gasteiger partial charge in [-0.15, -0.1) is 0 Å². The van der Waals surface area contributed by atoms with Gasteiger partial charge in [-0.25, -0.2) is 5.01 Å². The largest absolute Gasteiger partial charge is 0.507 e. The second-order valence-corrected chi connectivity index (χ2v) is 6.47. The summed E-state index contributed by atoms with van der Waals surface area (Å²) < 4.78 is 0. The van der Waals surface area contributed by atoms with Gasteiger partial charge in [0.2, 0.25) is 5.91 Å². The Kier molecular flexibility index (Phi) is 5.39. The van der Waals surface area contributed by atoms with E-state index in [1.807, 2.05) is 32.0 Å². The van der Waals surface area contributed by atoms with Crippen molar-refractivity contribution in [2.75, 3.05) is 5.01 Å². The van der Waals surface area contributed by atoms with E-state index in [1.54, 1.807) is 12.1 Å². The number of amides is 3. The smallest absolute Gasteiger partial charge is 0.285 e. The molecule has 8 nitrogen and oxygen atoms in total. The topological polar surface area (TPSA) is 111 Å². The molecule has 0 spiro atoms. The fourth-order valence-corrected chi connectivity index (χ4v) is 2.77. The summed E-state index contributed by atoms with van der Waals surface area (Å²) in [5, 5.41) is 15.1. The van der Waals surface area contributed by atoms with Crippen LogP contribution >= 0.6 is 0 Å². The van der Waals surface area contributed by atoms with E-state index in [2.05, 4.69) is 16.0 Å². The van der Waals surface area contributed by atoms with Crippen molar-refractivity contribution in [3.63, 3.8) is 0 Å². The molecule has 8 heteroatoms. The van der Waals surface area contributed by atoms with Crippen LogP contribution in [0.3, 0.4) is 0 Å². The highest BCUT2D eigenvalue weighted by molar-refractivity contribution is 6.40. The number of rotatable bonds is 3. The molecule has 0 bridgehead atoms. The third kappa shape index (κ3) is 4.01. The Morgan fingerprint density at radius 2 is 1.75 bits per heavy atom. The molecule has 1 heterocycles. The van der Waals surface area contributed by atoms with Crippen molar-refractivity contribution >= 4 is 29.1 Å². The summed E-state index contributed by atoms with van der Waals surface area (Å²) in [6.45, 7) is 3.77. The van der Waals surface area contributed by atoms with Crippen molar-refractivity contribution in [2.24, 2.45) is 5.10 Å². The molecule has 28 heavy (non-hydrogen) atoms.